The summed E-state index contributed by atoms with van der Waals surface area (Å²) in [6.45, 7) is 4.02. The van der Waals surface area contributed by atoms with E-state index in [4.69, 9.17) is 0 Å². The Balaban J connectivity index is 1.25. The van der Waals surface area contributed by atoms with Gasteiger partial charge in [0, 0.05) is 37.4 Å². The second-order valence-electron chi connectivity index (χ2n) is 13.9. The van der Waals surface area contributed by atoms with Crippen LogP contribution in [0.1, 0.15) is 80.0 Å². The molecule has 3 nitrogen and oxygen atoms in total. The summed E-state index contributed by atoms with van der Waals surface area (Å²) in [5.74, 6) is -6.29. The van der Waals surface area contributed by atoms with Crippen molar-refractivity contribution in [1.29, 1.82) is 0 Å². The van der Waals surface area contributed by atoms with Gasteiger partial charge in [-0.3, -0.25) is 9.69 Å². The average Bonchev–Trinajstić information content (AvgIpc) is 3.27. The number of allylic oxidation sites excluding steroid dienone is 4. The van der Waals surface area contributed by atoms with Gasteiger partial charge >= 0.3 is 12.1 Å². The molecule has 7 rings (SSSR count). The van der Waals surface area contributed by atoms with E-state index < -0.39 is 41.4 Å². The molecular weight excluding hydrogens is 573 g/mol. The van der Waals surface area contributed by atoms with Crippen LogP contribution in [0.25, 0.3) is 0 Å². The summed E-state index contributed by atoms with van der Waals surface area (Å²) in [6.07, 6.45) is -1.53. The predicted octanol–water partition coefficient (Wildman–Crippen LogP) is 8.07. The lowest BCUT2D eigenvalue weighted by molar-refractivity contribution is -0.362. The van der Waals surface area contributed by atoms with E-state index in [-0.39, 0.29) is 24.5 Å². The fourth-order valence-electron chi connectivity index (χ4n) is 9.52. The van der Waals surface area contributed by atoms with Gasteiger partial charge in [-0.05, 0) is 96.3 Å². The minimum atomic E-state index is -5.85. The van der Waals surface area contributed by atoms with Crippen LogP contribution in [0.15, 0.2) is 71.3 Å². The smallest absolute Gasteiger partial charge is 0.383 e. The number of alkyl halides is 5. The van der Waals surface area contributed by atoms with Gasteiger partial charge in [0.15, 0.2) is 5.78 Å². The van der Waals surface area contributed by atoms with E-state index >= 15 is 8.78 Å². The predicted molar refractivity (Wildman–Crippen MR) is 157 cm³/mol. The van der Waals surface area contributed by atoms with E-state index in [1.807, 2.05) is 24.3 Å². The van der Waals surface area contributed by atoms with Gasteiger partial charge in [0.25, 0.3) is 0 Å². The largest absolute Gasteiger partial charge is 0.456 e. The van der Waals surface area contributed by atoms with E-state index in [1.165, 1.54) is 18.1 Å². The van der Waals surface area contributed by atoms with E-state index in [2.05, 4.69) is 29.2 Å². The molecule has 0 spiro atoms. The van der Waals surface area contributed by atoms with Crippen LogP contribution >= 0.6 is 0 Å². The third-order valence-corrected chi connectivity index (χ3v) is 11.8. The number of hydrogen-bond acceptors (Lipinski definition) is 3. The van der Waals surface area contributed by atoms with Crippen molar-refractivity contribution in [2.24, 2.45) is 17.3 Å². The fraction of sp³-hybridized carbons (Fsp3) is 0.528. The standard InChI is InChI=1S/C36H38F5NO2/c1-33-19-30(24-8-6-22(7-9-24)20-42-17-15-23-4-2-3-5-26(23)21-42)32-28-13-11-27(43)18-25(28)10-12-29(32)31(33)14-16-34(33,44)35(37,38)36(39,40)41/h2-9,18,29-31,44H,10-17,19-21H2,1H3/t29?,30-,31?,33?,34+/m1/s1. The number of benzene rings is 2. The number of aliphatic hydroxyl groups is 1. The number of rotatable bonds is 4. The molecule has 5 atom stereocenters. The van der Waals surface area contributed by atoms with Crippen LogP contribution in [-0.4, -0.2) is 40.0 Å². The zero-order chi connectivity index (χ0) is 31.1. The van der Waals surface area contributed by atoms with Gasteiger partial charge in [-0.15, -0.1) is 0 Å². The summed E-state index contributed by atoms with van der Waals surface area (Å²) >= 11 is 0. The summed E-state index contributed by atoms with van der Waals surface area (Å²) < 4.78 is 71.9. The third kappa shape index (κ3) is 4.45. The molecule has 5 aliphatic rings. The van der Waals surface area contributed by atoms with Gasteiger partial charge in [0.1, 0.15) is 5.60 Å². The second kappa shape index (κ2) is 10.3. The number of fused-ring (bicyclic) bond motifs is 5. The quantitative estimate of drug-likeness (QED) is 0.356. The van der Waals surface area contributed by atoms with Crippen LogP contribution in [-0.2, 0) is 24.3 Å². The van der Waals surface area contributed by atoms with Crippen molar-refractivity contribution in [3.8, 4) is 0 Å². The molecular formula is C36H38F5NO2. The van der Waals surface area contributed by atoms with Gasteiger partial charge in [-0.1, -0.05) is 61.0 Å². The lowest BCUT2D eigenvalue weighted by Crippen LogP contribution is -2.65. The number of halogens is 5. The van der Waals surface area contributed by atoms with Crippen LogP contribution in [0.4, 0.5) is 22.0 Å². The van der Waals surface area contributed by atoms with E-state index in [0.717, 1.165) is 53.9 Å². The number of hydrogen-bond donors (Lipinski definition) is 1. The van der Waals surface area contributed by atoms with Crippen molar-refractivity contribution in [3.63, 3.8) is 0 Å². The minimum Gasteiger partial charge on any atom is -0.383 e. The molecule has 1 heterocycles. The van der Waals surface area contributed by atoms with Crippen molar-refractivity contribution in [3.05, 3.63) is 93.6 Å². The average molecular weight is 612 g/mol. The molecule has 8 heteroatoms. The van der Waals surface area contributed by atoms with E-state index in [1.54, 1.807) is 6.08 Å². The minimum absolute atomic E-state index is 0.00134. The molecule has 1 aliphatic heterocycles. The molecule has 0 radical (unpaired) electrons. The first-order valence-electron chi connectivity index (χ1n) is 15.8. The first kappa shape index (κ1) is 29.8. The van der Waals surface area contributed by atoms with Crippen LogP contribution in [0.5, 0.6) is 0 Å². The number of carbonyl (C=O) groups excluding carboxylic acids is 1. The Kier molecular flexibility index (Phi) is 7.02. The van der Waals surface area contributed by atoms with Gasteiger partial charge in [-0.25, -0.2) is 0 Å². The van der Waals surface area contributed by atoms with Crippen molar-refractivity contribution >= 4 is 5.78 Å². The maximum atomic E-state index is 15.2. The summed E-state index contributed by atoms with van der Waals surface area (Å²) in [4.78, 5) is 14.7. The normalized spacial score (nSPS) is 32.5. The van der Waals surface area contributed by atoms with Crippen LogP contribution in [0, 0.1) is 17.3 Å². The van der Waals surface area contributed by atoms with Crippen LogP contribution in [0.2, 0.25) is 0 Å². The second-order valence-corrected chi connectivity index (χ2v) is 13.9. The van der Waals surface area contributed by atoms with Crippen molar-refractivity contribution in [2.45, 2.75) is 95.0 Å². The van der Waals surface area contributed by atoms with Crippen LogP contribution in [0.3, 0.4) is 0 Å². The Morgan fingerprint density at radius 3 is 2.39 bits per heavy atom. The molecule has 44 heavy (non-hydrogen) atoms. The Morgan fingerprint density at radius 2 is 1.66 bits per heavy atom. The third-order valence-electron chi connectivity index (χ3n) is 11.8. The summed E-state index contributed by atoms with van der Waals surface area (Å²) in [5, 5.41) is 11.5. The lowest BCUT2D eigenvalue weighted by Gasteiger charge is -2.56. The Bertz CT molecular complexity index is 1540. The SMILES string of the molecule is CC12C[C@H](c3ccc(CN4CCc5ccccc5C4)cc3)C3=C4CCC(=O)C=C4CCC3C1CC[C@@]2(O)C(F)(F)C(F)(F)F. The molecule has 4 aliphatic carbocycles. The molecule has 3 unspecified atom stereocenters. The Morgan fingerprint density at radius 1 is 0.932 bits per heavy atom. The highest BCUT2D eigenvalue weighted by molar-refractivity contribution is 5.93. The zero-order valence-electron chi connectivity index (χ0n) is 24.9. The van der Waals surface area contributed by atoms with Gasteiger partial charge < -0.3 is 5.11 Å². The molecule has 0 bridgehead atoms. The number of carbonyl (C=O) groups is 1. The summed E-state index contributed by atoms with van der Waals surface area (Å²) in [5.41, 5.74) is 3.00. The maximum absolute atomic E-state index is 15.2. The van der Waals surface area contributed by atoms with Gasteiger partial charge in [0.2, 0.25) is 0 Å². The van der Waals surface area contributed by atoms with Crippen molar-refractivity contribution in [2.75, 3.05) is 6.54 Å². The molecule has 0 saturated heterocycles. The highest BCUT2D eigenvalue weighted by atomic mass is 19.4. The highest BCUT2D eigenvalue weighted by Crippen LogP contribution is 2.70. The van der Waals surface area contributed by atoms with Gasteiger partial charge in [0.05, 0.1) is 0 Å². The van der Waals surface area contributed by atoms with E-state index in [9.17, 15) is 23.1 Å². The zero-order valence-corrected chi connectivity index (χ0v) is 24.9. The van der Waals surface area contributed by atoms with Crippen molar-refractivity contribution in [1.82, 2.24) is 4.90 Å². The first-order chi connectivity index (χ1) is 20.8. The van der Waals surface area contributed by atoms with Crippen molar-refractivity contribution < 1.29 is 31.9 Å². The maximum Gasteiger partial charge on any atom is 0.456 e. The number of ketones is 1. The Labute approximate surface area is 254 Å². The molecule has 0 aromatic heterocycles. The summed E-state index contributed by atoms with van der Waals surface area (Å²) in [7, 11) is 0. The molecule has 234 valence electrons. The summed E-state index contributed by atoms with van der Waals surface area (Å²) in [6, 6.07) is 16.5. The molecule has 2 aromatic carbocycles. The molecule has 0 amide bonds. The molecule has 2 fully saturated rings. The first-order valence-corrected chi connectivity index (χ1v) is 15.8. The fourth-order valence-corrected chi connectivity index (χ4v) is 9.52. The molecule has 1 N–H and O–H groups in total. The number of nitrogens with zero attached hydrogens (tertiary/aromatic N) is 1. The lowest BCUT2D eigenvalue weighted by atomic mass is 9.50. The molecule has 2 saturated carbocycles. The van der Waals surface area contributed by atoms with E-state index in [0.29, 0.717) is 25.7 Å². The highest BCUT2D eigenvalue weighted by Gasteiger charge is 2.79. The Hall–Kier alpha value is -2.84. The molecule has 2 aromatic rings. The van der Waals surface area contributed by atoms with Gasteiger partial charge in [-0.2, -0.15) is 22.0 Å². The topological polar surface area (TPSA) is 40.5 Å². The van der Waals surface area contributed by atoms with Crippen LogP contribution < -0.4 is 0 Å². The monoisotopic (exact) mass is 611 g/mol.